The van der Waals surface area contributed by atoms with E-state index in [9.17, 15) is 9.59 Å². The second kappa shape index (κ2) is 8.23. The Morgan fingerprint density at radius 3 is 2.27 bits per heavy atom. The van der Waals surface area contributed by atoms with Gasteiger partial charge in [0.1, 0.15) is 0 Å². The van der Waals surface area contributed by atoms with E-state index in [1.807, 2.05) is 19.0 Å². The molecule has 0 atom stereocenters. The fourth-order valence-electron chi connectivity index (χ4n) is 0.945. The molecule has 0 saturated heterocycles. The molecule has 0 unspecified atom stereocenters. The Balaban J connectivity index is 3.37. The average molecular weight is 217 g/mol. The molecule has 5 nitrogen and oxygen atoms in total. The minimum absolute atomic E-state index is 0.0863. The Labute approximate surface area is 90.3 Å². The van der Waals surface area contributed by atoms with Crippen LogP contribution in [-0.2, 0) is 19.1 Å². The maximum atomic E-state index is 11.1. The van der Waals surface area contributed by atoms with Gasteiger partial charge < -0.3 is 14.4 Å². The molecule has 5 heteroatoms. The minimum atomic E-state index is -0.389. The van der Waals surface area contributed by atoms with Gasteiger partial charge in [-0.2, -0.15) is 0 Å². The number of esters is 2. The van der Waals surface area contributed by atoms with Crippen LogP contribution in [0.15, 0.2) is 0 Å². The highest BCUT2D eigenvalue weighted by Gasteiger charge is 2.07. The monoisotopic (exact) mass is 217 g/mol. The molecule has 0 amide bonds. The smallest absolute Gasteiger partial charge is 0.306 e. The number of methoxy groups -OCH3 is 1. The molecule has 0 aromatic rings. The zero-order valence-corrected chi connectivity index (χ0v) is 9.62. The van der Waals surface area contributed by atoms with Crippen molar-refractivity contribution in [3.8, 4) is 0 Å². The molecule has 0 aliphatic heterocycles. The van der Waals surface area contributed by atoms with E-state index in [-0.39, 0.29) is 24.8 Å². The second-order valence-electron chi connectivity index (χ2n) is 3.45. The van der Waals surface area contributed by atoms with E-state index in [1.54, 1.807) is 0 Å². The van der Waals surface area contributed by atoms with Gasteiger partial charge in [-0.3, -0.25) is 9.59 Å². The van der Waals surface area contributed by atoms with E-state index in [2.05, 4.69) is 4.74 Å². The highest BCUT2D eigenvalue weighted by molar-refractivity contribution is 5.77. The Bertz CT molecular complexity index is 204. The number of hydrogen-bond acceptors (Lipinski definition) is 5. The molecule has 0 rings (SSSR count). The first-order valence-corrected chi connectivity index (χ1v) is 4.93. The molecule has 0 aromatic carbocycles. The summed E-state index contributed by atoms with van der Waals surface area (Å²) in [6.45, 7) is 1.28. The van der Waals surface area contributed by atoms with Crippen LogP contribution in [0.25, 0.3) is 0 Å². The van der Waals surface area contributed by atoms with Gasteiger partial charge in [0.25, 0.3) is 0 Å². The molecule has 0 aliphatic carbocycles. The summed E-state index contributed by atoms with van der Waals surface area (Å²) in [6.07, 6.45) is 0.981. The van der Waals surface area contributed by atoms with E-state index >= 15 is 0 Å². The zero-order valence-electron chi connectivity index (χ0n) is 9.62. The number of rotatable bonds is 7. The maximum absolute atomic E-state index is 11.1. The largest absolute Gasteiger partial charge is 0.469 e. The quantitative estimate of drug-likeness (QED) is 0.457. The standard InChI is InChI=1S/C10H19NO4/c1-11(2)7-4-8-15-10(13)6-5-9(12)14-3/h4-8H2,1-3H3. The van der Waals surface area contributed by atoms with Gasteiger partial charge in [0.2, 0.25) is 0 Å². The lowest BCUT2D eigenvalue weighted by atomic mass is 10.3. The van der Waals surface area contributed by atoms with Crippen LogP contribution < -0.4 is 0 Å². The average Bonchev–Trinajstić information content (AvgIpc) is 2.20. The van der Waals surface area contributed by atoms with Crippen molar-refractivity contribution < 1.29 is 19.1 Å². The molecule has 0 aliphatic rings. The van der Waals surface area contributed by atoms with E-state index in [1.165, 1.54) is 7.11 Å². The third-order valence-corrected chi connectivity index (χ3v) is 1.77. The summed E-state index contributed by atoms with van der Waals surface area (Å²) in [4.78, 5) is 23.8. The van der Waals surface area contributed by atoms with Gasteiger partial charge >= 0.3 is 11.9 Å². The zero-order chi connectivity index (χ0) is 11.7. The predicted molar refractivity (Wildman–Crippen MR) is 55.4 cm³/mol. The lowest BCUT2D eigenvalue weighted by Gasteiger charge is -2.09. The van der Waals surface area contributed by atoms with Crippen molar-refractivity contribution >= 4 is 11.9 Å². The fourth-order valence-corrected chi connectivity index (χ4v) is 0.945. The molecule has 0 N–H and O–H groups in total. The Morgan fingerprint density at radius 1 is 1.13 bits per heavy atom. The van der Waals surface area contributed by atoms with Crippen molar-refractivity contribution in [1.82, 2.24) is 4.90 Å². The van der Waals surface area contributed by atoms with Crippen molar-refractivity contribution in [1.29, 1.82) is 0 Å². The van der Waals surface area contributed by atoms with Crippen LogP contribution in [0.4, 0.5) is 0 Å². The van der Waals surface area contributed by atoms with E-state index < -0.39 is 0 Å². The Kier molecular flexibility index (Phi) is 7.62. The number of hydrogen-bond donors (Lipinski definition) is 0. The summed E-state index contributed by atoms with van der Waals surface area (Å²) >= 11 is 0. The van der Waals surface area contributed by atoms with Gasteiger partial charge in [-0.05, 0) is 20.5 Å². The molecule has 0 spiro atoms. The lowest BCUT2D eigenvalue weighted by Crippen LogP contribution is -2.16. The van der Waals surface area contributed by atoms with Crippen molar-refractivity contribution in [2.75, 3.05) is 34.4 Å². The van der Waals surface area contributed by atoms with Crippen molar-refractivity contribution in [2.24, 2.45) is 0 Å². The molecular formula is C10H19NO4. The van der Waals surface area contributed by atoms with Crippen LogP contribution in [0.1, 0.15) is 19.3 Å². The van der Waals surface area contributed by atoms with Crippen LogP contribution in [0.5, 0.6) is 0 Å². The molecule has 0 radical (unpaired) electrons. The van der Waals surface area contributed by atoms with Crippen molar-refractivity contribution in [3.63, 3.8) is 0 Å². The van der Waals surface area contributed by atoms with Crippen LogP contribution in [0.2, 0.25) is 0 Å². The van der Waals surface area contributed by atoms with Gasteiger partial charge in [0.05, 0.1) is 26.6 Å². The Hall–Kier alpha value is -1.10. The highest BCUT2D eigenvalue weighted by Crippen LogP contribution is 1.96. The topological polar surface area (TPSA) is 55.8 Å². The number of carbonyl (C=O) groups excluding carboxylic acids is 2. The second-order valence-corrected chi connectivity index (χ2v) is 3.45. The van der Waals surface area contributed by atoms with Gasteiger partial charge in [-0.15, -0.1) is 0 Å². The lowest BCUT2D eigenvalue weighted by molar-refractivity contribution is -0.149. The fraction of sp³-hybridized carbons (Fsp3) is 0.800. The third-order valence-electron chi connectivity index (χ3n) is 1.77. The predicted octanol–water partition coefficient (Wildman–Crippen LogP) is 0.434. The van der Waals surface area contributed by atoms with Crippen molar-refractivity contribution in [2.45, 2.75) is 19.3 Å². The highest BCUT2D eigenvalue weighted by atomic mass is 16.5. The molecule has 0 fully saturated rings. The van der Waals surface area contributed by atoms with E-state index in [0.29, 0.717) is 6.61 Å². The van der Waals surface area contributed by atoms with Crippen LogP contribution in [0, 0.1) is 0 Å². The summed E-state index contributed by atoms with van der Waals surface area (Å²) < 4.78 is 9.32. The van der Waals surface area contributed by atoms with Crippen LogP contribution in [-0.4, -0.2) is 51.2 Å². The summed E-state index contributed by atoms with van der Waals surface area (Å²) in [7, 11) is 5.21. The maximum Gasteiger partial charge on any atom is 0.306 e. The molecule has 0 aromatic heterocycles. The summed E-state index contributed by atoms with van der Waals surface area (Å²) in [6, 6.07) is 0. The number of ether oxygens (including phenoxy) is 2. The summed E-state index contributed by atoms with van der Waals surface area (Å²) in [5.41, 5.74) is 0. The minimum Gasteiger partial charge on any atom is -0.469 e. The molecule has 0 heterocycles. The first kappa shape index (κ1) is 13.9. The summed E-state index contributed by atoms with van der Waals surface area (Å²) in [5, 5.41) is 0. The van der Waals surface area contributed by atoms with Crippen LogP contribution >= 0.6 is 0 Å². The van der Waals surface area contributed by atoms with Crippen LogP contribution in [0.3, 0.4) is 0 Å². The molecule has 88 valence electrons. The molecule has 15 heavy (non-hydrogen) atoms. The van der Waals surface area contributed by atoms with E-state index in [0.717, 1.165) is 13.0 Å². The van der Waals surface area contributed by atoms with Gasteiger partial charge in [0, 0.05) is 6.54 Å². The third kappa shape index (κ3) is 9.21. The van der Waals surface area contributed by atoms with Gasteiger partial charge in [0.15, 0.2) is 0 Å². The first-order valence-electron chi connectivity index (χ1n) is 4.93. The number of nitrogens with zero attached hydrogens (tertiary/aromatic N) is 1. The first-order chi connectivity index (χ1) is 7.06. The van der Waals surface area contributed by atoms with Crippen molar-refractivity contribution in [3.05, 3.63) is 0 Å². The van der Waals surface area contributed by atoms with E-state index in [4.69, 9.17) is 4.74 Å². The Morgan fingerprint density at radius 2 is 1.73 bits per heavy atom. The SMILES string of the molecule is COC(=O)CCC(=O)OCCCN(C)C. The molecule has 0 bridgehead atoms. The number of carbonyl (C=O) groups is 2. The molecular weight excluding hydrogens is 198 g/mol. The normalized spacial score (nSPS) is 10.1. The molecule has 0 saturated carbocycles. The van der Waals surface area contributed by atoms with Gasteiger partial charge in [-0.25, -0.2) is 0 Å². The van der Waals surface area contributed by atoms with Gasteiger partial charge in [-0.1, -0.05) is 0 Å². The summed E-state index contributed by atoms with van der Waals surface area (Å²) in [5.74, 6) is -0.737.